The molecule has 0 saturated heterocycles. The van der Waals surface area contributed by atoms with Gasteiger partial charge in [0.15, 0.2) is 5.60 Å². The Morgan fingerprint density at radius 2 is 1.47 bits per heavy atom. The van der Waals surface area contributed by atoms with Gasteiger partial charge in [-0.15, -0.1) is 0 Å². The summed E-state index contributed by atoms with van der Waals surface area (Å²) < 4.78 is 125. The lowest BCUT2D eigenvalue weighted by atomic mass is 10.0. The molecule has 0 fully saturated rings. The van der Waals surface area contributed by atoms with Crippen LogP contribution in [-0.4, -0.2) is 73.7 Å². The van der Waals surface area contributed by atoms with Gasteiger partial charge < -0.3 is 15.3 Å². The number of carbonyl (C=O) groups is 1. The number of hydrogen-bond donors (Lipinski definition) is 2. The zero-order valence-electron chi connectivity index (χ0n) is 23.9. The molecule has 1 atom stereocenters. The van der Waals surface area contributed by atoms with E-state index in [0.717, 1.165) is 31.4 Å². The number of unbranched alkanes of at least 4 members (excludes halogenated alkanes) is 6. The third kappa shape index (κ3) is 13.8. The van der Waals surface area contributed by atoms with E-state index in [1.54, 1.807) is 11.9 Å². The molecule has 0 heterocycles. The van der Waals surface area contributed by atoms with Gasteiger partial charge in [-0.05, 0) is 58.0 Å². The molecule has 0 aliphatic rings. The van der Waals surface area contributed by atoms with Crippen molar-refractivity contribution in [2.75, 3.05) is 37.0 Å². The summed E-state index contributed by atoms with van der Waals surface area (Å²) in [7, 11) is -2.06. The van der Waals surface area contributed by atoms with Gasteiger partial charge in [0.2, 0.25) is 0 Å². The minimum atomic E-state index is -5.70. The highest BCUT2D eigenvalue weighted by Crippen LogP contribution is 2.39. The molecular formula is C27H37F8N3O4S. The van der Waals surface area contributed by atoms with E-state index in [1.165, 1.54) is 13.0 Å². The van der Waals surface area contributed by atoms with Crippen molar-refractivity contribution in [1.82, 2.24) is 4.90 Å². The number of nitrogens with zero attached hydrogens (tertiary/aromatic N) is 2. The van der Waals surface area contributed by atoms with E-state index in [2.05, 4.69) is 5.32 Å². The van der Waals surface area contributed by atoms with E-state index in [1.807, 2.05) is 0 Å². The van der Waals surface area contributed by atoms with Crippen molar-refractivity contribution in [3.05, 3.63) is 29.3 Å². The van der Waals surface area contributed by atoms with Gasteiger partial charge in [-0.1, -0.05) is 32.1 Å². The second-order valence-electron chi connectivity index (χ2n) is 10.8. The summed E-state index contributed by atoms with van der Waals surface area (Å²) in [6.45, 7) is 1.62. The number of anilines is 1. The van der Waals surface area contributed by atoms with Crippen molar-refractivity contribution in [3.63, 3.8) is 0 Å². The van der Waals surface area contributed by atoms with Gasteiger partial charge in [0.1, 0.15) is 9.84 Å². The van der Waals surface area contributed by atoms with Crippen molar-refractivity contribution in [2.24, 2.45) is 0 Å². The summed E-state index contributed by atoms with van der Waals surface area (Å²) in [5.74, 6) is -6.84. The number of likely N-dealkylation sites (N-methyl/N-ethyl adjacent to an activating group) is 1. The van der Waals surface area contributed by atoms with Crippen molar-refractivity contribution >= 4 is 21.4 Å². The van der Waals surface area contributed by atoms with Gasteiger partial charge in [-0.3, -0.25) is 4.79 Å². The Kier molecular flexibility index (Phi) is 14.3. The van der Waals surface area contributed by atoms with Crippen molar-refractivity contribution in [3.8, 4) is 6.07 Å². The number of sulfone groups is 1. The van der Waals surface area contributed by atoms with Crippen molar-refractivity contribution in [2.45, 2.75) is 88.6 Å². The van der Waals surface area contributed by atoms with Crippen molar-refractivity contribution < 1.29 is 53.4 Å². The van der Waals surface area contributed by atoms with E-state index in [9.17, 15) is 53.4 Å². The Bertz CT molecular complexity index is 1200. The Hall–Kier alpha value is -2.51. The van der Waals surface area contributed by atoms with Crippen LogP contribution in [0.15, 0.2) is 18.2 Å². The Morgan fingerprint density at radius 1 is 0.930 bits per heavy atom. The lowest BCUT2D eigenvalue weighted by Gasteiger charge is -2.28. The molecule has 0 aliphatic heterocycles. The van der Waals surface area contributed by atoms with Crippen LogP contribution < -0.4 is 5.32 Å². The minimum absolute atomic E-state index is 0.108. The van der Waals surface area contributed by atoms with E-state index in [4.69, 9.17) is 5.26 Å². The number of amides is 1. The second-order valence-corrected chi connectivity index (χ2v) is 13.1. The van der Waals surface area contributed by atoms with E-state index >= 15 is 0 Å². The van der Waals surface area contributed by atoms with Crippen LogP contribution in [0.3, 0.4) is 0 Å². The fourth-order valence-electron chi connectivity index (χ4n) is 4.24. The molecule has 7 nitrogen and oxygen atoms in total. The third-order valence-electron chi connectivity index (χ3n) is 6.63. The summed E-state index contributed by atoms with van der Waals surface area (Å²) in [5.41, 5.74) is -3.95. The van der Waals surface area contributed by atoms with E-state index in [0.29, 0.717) is 31.9 Å². The molecule has 1 aromatic carbocycles. The van der Waals surface area contributed by atoms with E-state index < -0.39 is 69.3 Å². The topological polar surface area (TPSA) is 110 Å². The number of halogens is 8. The second kappa shape index (κ2) is 16.0. The van der Waals surface area contributed by atoms with Crippen LogP contribution in [0.4, 0.5) is 40.8 Å². The summed E-state index contributed by atoms with van der Waals surface area (Å²) in [6, 6.07) is 4.13. The number of benzene rings is 1. The van der Waals surface area contributed by atoms with E-state index in [-0.39, 0.29) is 24.4 Å². The molecule has 0 spiro atoms. The maximum atomic E-state index is 13.2. The smallest absolute Gasteiger partial charge is 0.379 e. The highest BCUT2D eigenvalue weighted by atomic mass is 32.2. The Labute approximate surface area is 246 Å². The van der Waals surface area contributed by atoms with Gasteiger partial charge in [-0.25, -0.2) is 8.42 Å². The third-order valence-corrected chi connectivity index (χ3v) is 8.45. The molecule has 16 heteroatoms. The number of carbonyl (C=O) groups excluding carboxylic acids is 1. The maximum absolute atomic E-state index is 13.2. The monoisotopic (exact) mass is 651 g/mol. The molecule has 0 aromatic heterocycles. The lowest BCUT2D eigenvalue weighted by Crippen LogP contribution is -2.48. The first-order chi connectivity index (χ1) is 19.6. The molecule has 0 radical (unpaired) electrons. The fraction of sp³-hybridized carbons (Fsp3) is 0.704. The predicted molar refractivity (Wildman–Crippen MR) is 144 cm³/mol. The number of nitrogens with one attached hydrogen (secondary N) is 1. The van der Waals surface area contributed by atoms with Gasteiger partial charge in [0.25, 0.3) is 5.91 Å². The molecule has 0 aliphatic carbocycles. The quantitative estimate of drug-likeness (QED) is 0.142. The maximum Gasteiger partial charge on any atom is 0.453 e. The first-order valence-corrected chi connectivity index (χ1v) is 15.4. The highest BCUT2D eigenvalue weighted by Gasteiger charge is 2.56. The van der Waals surface area contributed by atoms with Crippen molar-refractivity contribution in [1.29, 1.82) is 5.26 Å². The molecular weight excluding hydrogens is 614 g/mol. The van der Waals surface area contributed by atoms with Gasteiger partial charge >= 0.3 is 18.3 Å². The van der Waals surface area contributed by atoms with Crippen LogP contribution >= 0.6 is 0 Å². The highest BCUT2D eigenvalue weighted by molar-refractivity contribution is 7.91. The Balaban J connectivity index is 2.30. The average molecular weight is 652 g/mol. The van der Waals surface area contributed by atoms with Crippen LogP contribution in [0, 0.1) is 11.3 Å². The van der Waals surface area contributed by atoms with Gasteiger partial charge in [-0.2, -0.15) is 40.4 Å². The number of alkyl halides is 8. The normalized spacial score (nSPS) is 14.4. The average Bonchev–Trinajstić information content (AvgIpc) is 2.85. The SMILES string of the molecule is CN(CCCCCCCCCS(=O)(=O)CCCC(F)(F)C(F)(F)F)C[C@](C)(O)C(=O)Nc1ccc(C#N)c(C(F)(F)F)c1. The van der Waals surface area contributed by atoms with Gasteiger partial charge in [0, 0.05) is 18.7 Å². The molecule has 43 heavy (non-hydrogen) atoms. The lowest BCUT2D eigenvalue weighted by molar-refractivity contribution is -0.284. The summed E-state index contributed by atoms with van der Waals surface area (Å²) in [4.78, 5) is 14.2. The Morgan fingerprint density at radius 3 is 2.00 bits per heavy atom. The summed E-state index contributed by atoms with van der Waals surface area (Å²) >= 11 is 0. The minimum Gasteiger partial charge on any atom is -0.379 e. The summed E-state index contributed by atoms with van der Waals surface area (Å²) in [6.07, 6.45) is -8.22. The molecule has 0 saturated carbocycles. The van der Waals surface area contributed by atoms with Crippen LogP contribution in [-0.2, 0) is 20.8 Å². The standard InChI is InChI=1S/C27H37F8N3O4S/c1-24(40,23(39)37-21-12-11-20(18-36)22(17-21)26(30,31)32)19-38(2)14-8-6-4-3-5-7-9-15-43(41,42)16-10-13-25(28,29)27(33,34)35/h11-12,17,40H,3-10,13-16,19H2,1-2H3,(H,37,39)/t24-/m0/s1. The number of hydrogen-bond acceptors (Lipinski definition) is 6. The molecule has 1 amide bonds. The largest absolute Gasteiger partial charge is 0.453 e. The number of nitriles is 1. The van der Waals surface area contributed by atoms with Crippen LogP contribution in [0.1, 0.15) is 75.8 Å². The first kappa shape index (κ1) is 38.5. The molecule has 246 valence electrons. The molecule has 0 bridgehead atoms. The summed E-state index contributed by atoms with van der Waals surface area (Å²) in [5, 5.41) is 21.7. The molecule has 2 N–H and O–H groups in total. The first-order valence-electron chi connectivity index (χ1n) is 13.6. The predicted octanol–water partition coefficient (Wildman–Crippen LogP) is 6.32. The van der Waals surface area contributed by atoms with Crippen LogP contribution in [0.5, 0.6) is 0 Å². The zero-order chi connectivity index (χ0) is 33.1. The van der Waals surface area contributed by atoms with Gasteiger partial charge in [0.05, 0.1) is 28.7 Å². The number of rotatable bonds is 18. The van der Waals surface area contributed by atoms with Crippen LogP contribution in [0.2, 0.25) is 0 Å². The molecule has 0 unspecified atom stereocenters. The fourth-order valence-corrected chi connectivity index (χ4v) is 5.67. The van der Waals surface area contributed by atoms with Crippen LogP contribution in [0.25, 0.3) is 0 Å². The number of aliphatic hydroxyl groups is 1. The molecule has 1 aromatic rings. The molecule has 1 rings (SSSR count). The zero-order valence-corrected chi connectivity index (χ0v) is 24.7.